The monoisotopic (exact) mass is 326 g/mol. The number of hydrogen-bond donors (Lipinski definition) is 1. The molecular formula is C13H12BrClN2O. The minimum atomic E-state index is -0.624. The first-order valence-electron chi connectivity index (χ1n) is 5.43. The number of nitrogens with one attached hydrogen (secondary N) is 1. The van der Waals surface area contributed by atoms with Crippen molar-refractivity contribution in [3.63, 3.8) is 0 Å². The predicted molar refractivity (Wildman–Crippen MR) is 78.4 cm³/mol. The molecule has 3 nitrogen and oxygen atoms in total. The van der Waals surface area contributed by atoms with E-state index in [0.29, 0.717) is 16.2 Å². The van der Waals surface area contributed by atoms with Gasteiger partial charge in [-0.1, -0.05) is 27.5 Å². The summed E-state index contributed by atoms with van der Waals surface area (Å²) in [6.07, 6.45) is 1.67. The molecule has 2 rings (SSSR count). The van der Waals surface area contributed by atoms with Gasteiger partial charge in [-0.15, -0.1) is 0 Å². The first kappa shape index (κ1) is 13.3. The largest absolute Gasteiger partial charge is 0.324 e. The zero-order valence-corrected chi connectivity index (χ0v) is 12.3. The zero-order valence-electron chi connectivity index (χ0n) is 10.00. The van der Waals surface area contributed by atoms with Gasteiger partial charge in [-0.2, -0.15) is 0 Å². The molecule has 0 unspecified atom stereocenters. The Labute approximate surface area is 119 Å². The molecule has 0 saturated carbocycles. The number of anilines is 1. The maximum Gasteiger partial charge on any atom is 0.240 e. The lowest BCUT2D eigenvalue weighted by molar-refractivity contribution is -0.117. The number of aromatic nitrogens is 1. The fourth-order valence-electron chi connectivity index (χ4n) is 1.52. The highest BCUT2D eigenvalue weighted by Gasteiger charge is 2.24. The van der Waals surface area contributed by atoms with Gasteiger partial charge in [-0.3, -0.25) is 9.78 Å². The second-order valence-electron chi connectivity index (χ2n) is 4.42. The van der Waals surface area contributed by atoms with Crippen LogP contribution in [0.3, 0.4) is 0 Å². The molecule has 0 radical (unpaired) electrons. The molecule has 94 valence electrons. The summed E-state index contributed by atoms with van der Waals surface area (Å²) < 4.78 is -0.624. The van der Waals surface area contributed by atoms with Crippen LogP contribution >= 0.6 is 27.5 Å². The summed E-state index contributed by atoms with van der Waals surface area (Å²) in [5, 5.41) is 4.27. The van der Waals surface area contributed by atoms with Gasteiger partial charge in [0.2, 0.25) is 5.91 Å². The lowest BCUT2D eigenvalue weighted by Gasteiger charge is -2.17. The molecule has 1 heterocycles. The number of carbonyl (C=O) groups is 1. The van der Waals surface area contributed by atoms with E-state index in [1.54, 1.807) is 32.2 Å². The molecule has 2 aromatic rings. The van der Waals surface area contributed by atoms with Crippen molar-refractivity contribution in [2.75, 3.05) is 5.32 Å². The molecule has 1 amide bonds. The van der Waals surface area contributed by atoms with Gasteiger partial charge in [-0.25, -0.2) is 0 Å². The Morgan fingerprint density at radius 1 is 1.39 bits per heavy atom. The third-order valence-electron chi connectivity index (χ3n) is 2.51. The fourth-order valence-corrected chi connectivity index (χ4v) is 1.83. The van der Waals surface area contributed by atoms with Crippen molar-refractivity contribution < 1.29 is 4.79 Å². The zero-order chi connectivity index (χ0) is 13.3. The van der Waals surface area contributed by atoms with Crippen LogP contribution in [0.2, 0.25) is 5.02 Å². The molecule has 0 saturated heterocycles. The summed E-state index contributed by atoms with van der Waals surface area (Å²) >= 11 is 9.40. The van der Waals surface area contributed by atoms with Gasteiger partial charge in [0.05, 0.1) is 20.6 Å². The summed E-state index contributed by atoms with van der Waals surface area (Å²) in [7, 11) is 0. The molecule has 18 heavy (non-hydrogen) atoms. The van der Waals surface area contributed by atoms with E-state index < -0.39 is 4.32 Å². The van der Waals surface area contributed by atoms with Gasteiger partial charge >= 0.3 is 0 Å². The van der Waals surface area contributed by atoms with Crippen LogP contribution in [0.4, 0.5) is 5.69 Å². The predicted octanol–water partition coefficient (Wildman–Crippen LogP) is 4.00. The van der Waals surface area contributed by atoms with Crippen molar-refractivity contribution in [2.45, 2.75) is 18.2 Å². The van der Waals surface area contributed by atoms with E-state index in [4.69, 9.17) is 11.6 Å². The highest BCUT2D eigenvalue weighted by atomic mass is 79.9. The van der Waals surface area contributed by atoms with Gasteiger partial charge in [0.25, 0.3) is 0 Å². The fraction of sp³-hybridized carbons (Fsp3) is 0.231. The Kier molecular flexibility index (Phi) is 3.59. The van der Waals surface area contributed by atoms with Crippen LogP contribution in [0, 0.1) is 0 Å². The molecule has 0 atom stereocenters. The first-order valence-corrected chi connectivity index (χ1v) is 6.60. The number of rotatable bonds is 2. The average Bonchev–Trinajstić information content (AvgIpc) is 2.32. The number of halogens is 2. The van der Waals surface area contributed by atoms with Crippen LogP contribution < -0.4 is 5.32 Å². The third-order valence-corrected chi connectivity index (χ3v) is 3.17. The number of alkyl halides is 1. The van der Waals surface area contributed by atoms with Gasteiger partial charge < -0.3 is 5.32 Å². The Bertz CT molecular complexity index is 607. The molecular weight excluding hydrogens is 316 g/mol. The van der Waals surface area contributed by atoms with E-state index in [1.165, 1.54) is 0 Å². The summed E-state index contributed by atoms with van der Waals surface area (Å²) in [5.41, 5.74) is 1.39. The Balaban J connectivity index is 2.47. The Morgan fingerprint density at radius 2 is 2.11 bits per heavy atom. The van der Waals surface area contributed by atoms with Crippen LogP contribution in [0.15, 0.2) is 30.5 Å². The summed E-state index contributed by atoms with van der Waals surface area (Å²) in [5.74, 6) is -0.116. The number of nitrogens with zero attached hydrogens (tertiary/aromatic N) is 1. The van der Waals surface area contributed by atoms with Crippen LogP contribution in [0.25, 0.3) is 10.9 Å². The topological polar surface area (TPSA) is 42.0 Å². The van der Waals surface area contributed by atoms with Crippen LogP contribution in [0.1, 0.15) is 13.8 Å². The van der Waals surface area contributed by atoms with Crippen molar-refractivity contribution >= 4 is 50.0 Å². The quantitative estimate of drug-likeness (QED) is 0.847. The minimum Gasteiger partial charge on any atom is -0.324 e. The number of fused-ring (bicyclic) bond motifs is 1. The second-order valence-corrected chi connectivity index (χ2v) is 6.81. The molecule has 0 aliphatic rings. The first-order chi connectivity index (χ1) is 8.39. The molecule has 0 bridgehead atoms. The van der Waals surface area contributed by atoms with E-state index in [-0.39, 0.29) is 5.91 Å². The molecule has 5 heteroatoms. The third kappa shape index (κ3) is 2.65. The highest BCUT2D eigenvalue weighted by Crippen LogP contribution is 2.29. The number of carbonyl (C=O) groups excluding carboxylic acids is 1. The molecule has 0 aliphatic carbocycles. The molecule has 1 aromatic carbocycles. The summed E-state index contributed by atoms with van der Waals surface area (Å²) in [6, 6.07) is 7.20. The average molecular weight is 328 g/mol. The molecule has 1 N–H and O–H groups in total. The Morgan fingerprint density at radius 3 is 2.78 bits per heavy atom. The number of pyridine rings is 1. The smallest absolute Gasteiger partial charge is 0.240 e. The molecule has 0 fully saturated rings. The number of amides is 1. The number of benzene rings is 1. The molecule has 1 aromatic heterocycles. The van der Waals surface area contributed by atoms with Crippen molar-refractivity contribution in [1.82, 2.24) is 4.98 Å². The van der Waals surface area contributed by atoms with Crippen molar-refractivity contribution in [2.24, 2.45) is 0 Å². The summed E-state index contributed by atoms with van der Waals surface area (Å²) in [4.78, 5) is 16.2. The van der Waals surface area contributed by atoms with Gasteiger partial charge in [-0.05, 0) is 38.1 Å². The van der Waals surface area contributed by atoms with E-state index >= 15 is 0 Å². The normalized spacial score (nSPS) is 11.6. The maximum atomic E-state index is 12.0. The summed E-state index contributed by atoms with van der Waals surface area (Å²) in [6.45, 7) is 3.58. The lowest BCUT2D eigenvalue weighted by Crippen LogP contribution is -2.31. The molecule has 0 aliphatic heterocycles. The van der Waals surface area contributed by atoms with Crippen LogP contribution in [-0.4, -0.2) is 15.2 Å². The SMILES string of the molecule is CC(C)(Br)C(=O)Nc1ccc(Cl)c2ncccc12. The Hall–Kier alpha value is -1.13. The van der Waals surface area contributed by atoms with Gasteiger partial charge in [0, 0.05) is 11.6 Å². The van der Waals surface area contributed by atoms with Crippen molar-refractivity contribution in [1.29, 1.82) is 0 Å². The van der Waals surface area contributed by atoms with E-state index in [0.717, 1.165) is 5.39 Å². The van der Waals surface area contributed by atoms with Crippen molar-refractivity contribution in [3.8, 4) is 0 Å². The lowest BCUT2D eigenvalue weighted by atomic mass is 10.1. The van der Waals surface area contributed by atoms with Crippen LogP contribution in [-0.2, 0) is 4.79 Å². The van der Waals surface area contributed by atoms with E-state index in [2.05, 4.69) is 26.2 Å². The molecule has 0 spiro atoms. The maximum absolute atomic E-state index is 12.0. The van der Waals surface area contributed by atoms with Crippen LogP contribution in [0.5, 0.6) is 0 Å². The van der Waals surface area contributed by atoms with Crippen molar-refractivity contribution in [3.05, 3.63) is 35.5 Å². The highest BCUT2D eigenvalue weighted by molar-refractivity contribution is 9.10. The standard InChI is InChI=1S/C13H12BrClN2O/c1-13(2,14)12(18)17-10-6-5-9(15)11-8(10)4-3-7-16-11/h3-7H,1-2H3,(H,17,18). The van der Waals surface area contributed by atoms with Gasteiger partial charge in [0.15, 0.2) is 0 Å². The van der Waals surface area contributed by atoms with E-state index in [1.807, 2.05) is 12.1 Å². The number of hydrogen-bond acceptors (Lipinski definition) is 2. The van der Waals surface area contributed by atoms with E-state index in [9.17, 15) is 4.79 Å². The second kappa shape index (κ2) is 4.86. The van der Waals surface area contributed by atoms with Gasteiger partial charge in [0.1, 0.15) is 0 Å². The minimum absolute atomic E-state index is 0.116.